The molecule has 146 valence electrons. The molecule has 0 atom stereocenters. The summed E-state index contributed by atoms with van der Waals surface area (Å²) in [5.41, 5.74) is 3.33. The summed E-state index contributed by atoms with van der Waals surface area (Å²) < 4.78 is 27.8. The molecule has 28 heavy (non-hydrogen) atoms. The normalized spacial score (nSPS) is 15.7. The summed E-state index contributed by atoms with van der Waals surface area (Å²) in [5.74, 6) is 0. The van der Waals surface area contributed by atoms with Gasteiger partial charge in [-0.1, -0.05) is 55.0 Å². The van der Waals surface area contributed by atoms with Crippen LogP contribution < -0.4 is 0 Å². The van der Waals surface area contributed by atoms with Gasteiger partial charge in [-0.15, -0.1) is 0 Å². The lowest BCUT2D eigenvalue weighted by molar-refractivity contribution is 0.291. The zero-order chi connectivity index (χ0) is 19.6. The van der Waals surface area contributed by atoms with Crippen molar-refractivity contribution in [3.63, 3.8) is 0 Å². The van der Waals surface area contributed by atoms with E-state index < -0.39 is 10.0 Å². The number of hydrogen-bond donors (Lipinski definition) is 0. The first-order valence-corrected chi connectivity index (χ1v) is 11.3. The van der Waals surface area contributed by atoms with Gasteiger partial charge in [0.2, 0.25) is 0 Å². The van der Waals surface area contributed by atoms with Gasteiger partial charge in [0.1, 0.15) is 0 Å². The fraction of sp³-hybridized carbons (Fsp3) is 0.304. The number of nitrogens with zero attached hydrogens (tertiary/aromatic N) is 2. The van der Waals surface area contributed by atoms with E-state index in [2.05, 4.69) is 17.9 Å². The summed E-state index contributed by atoms with van der Waals surface area (Å²) in [6.45, 7) is 5.25. The smallest absolute Gasteiger partial charge is 0.268 e. The summed E-state index contributed by atoms with van der Waals surface area (Å²) in [7, 11) is -3.61. The number of fused-ring (bicyclic) bond motifs is 1. The van der Waals surface area contributed by atoms with Gasteiger partial charge in [-0.2, -0.15) is 0 Å². The molecule has 3 aromatic rings. The summed E-state index contributed by atoms with van der Waals surface area (Å²) in [5, 5.41) is 1.02. The van der Waals surface area contributed by atoms with E-state index in [1.54, 1.807) is 24.3 Å². The van der Waals surface area contributed by atoms with Crippen molar-refractivity contribution in [1.29, 1.82) is 0 Å². The van der Waals surface area contributed by atoms with E-state index in [4.69, 9.17) is 0 Å². The van der Waals surface area contributed by atoms with E-state index in [1.165, 1.54) is 9.55 Å². The van der Waals surface area contributed by atoms with Crippen LogP contribution in [0.25, 0.3) is 10.9 Å². The van der Waals surface area contributed by atoms with Crippen LogP contribution in [0.3, 0.4) is 0 Å². The van der Waals surface area contributed by atoms with Crippen LogP contribution in [0.4, 0.5) is 0 Å². The number of rotatable bonds is 6. The molecule has 0 fully saturated rings. The van der Waals surface area contributed by atoms with Gasteiger partial charge in [0.05, 0.1) is 10.4 Å². The largest absolute Gasteiger partial charge is 0.299 e. The zero-order valence-corrected chi connectivity index (χ0v) is 17.0. The molecule has 2 heterocycles. The first-order chi connectivity index (χ1) is 13.6. The van der Waals surface area contributed by atoms with E-state index in [1.807, 2.05) is 36.5 Å². The minimum absolute atomic E-state index is 0.316. The maximum Gasteiger partial charge on any atom is 0.268 e. The van der Waals surface area contributed by atoms with Crippen LogP contribution in [0.2, 0.25) is 0 Å². The van der Waals surface area contributed by atoms with Crippen molar-refractivity contribution >= 4 is 20.9 Å². The predicted octanol–water partition coefficient (Wildman–Crippen LogP) is 4.46. The Morgan fingerprint density at radius 3 is 2.54 bits per heavy atom. The molecule has 0 saturated carbocycles. The van der Waals surface area contributed by atoms with Gasteiger partial charge in [0, 0.05) is 31.2 Å². The Hall–Kier alpha value is -2.37. The van der Waals surface area contributed by atoms with Crippen LogP contribution >= 0.6 is 0 Å². The number of aromatic nitrogens is 1. The number of benzene rings is 2. The molecule has 0 saturated heterocycles. The average molecular weight is 395 g/mol. The third-order valence-electron chi connectivity index (χ3n) is 5.52. The standard InChI is InChI=1S/C23H26N2O2S/c1-2-19-9-8-15-24(17-19)16-14-20-18-25(23-13-7-6-12-22(20)23)28(26,27)21-10-4-3-5-11-21/h3-7,9-13,18H,2,8,14-17H2,1H3. The molecule has 5 heteroatoms. The minimum Gasteiger partial charge on any atom is -0.299 e. The third kappa shape index (κ3) is 3.64. The third-order valence-corrected chi connectivity index (χ3v) is 7.20. The van der Waals surface area contributed by atoms with E-state index >= 15 is 0 Å². The quantitative estimate of drug-likeness (QED) is 0.580. The summed E-state index contributed by atoms with van der Waals surface area (Å²) in [6.07, 6.45) is 7.22. The van der Waals surface area contributed by atoms with Crippen LogP contribution in [-0.2, 0) is 16.4 Å². The highest BCUT2D eigenvalue weighted by atomic mass is 32.2. The van der Waals surface area contributed by atoms with Gasteiger partial charge in [-0.3, -0.25) is 4.90 Å². The molecule has 0 unspecified atom stereocenters. The molecular weight excluding hydrogens is 368 g/mol. The second kappa shape index (κ2) is 7.94. The Labute approximate surface area is 167 Å². The molecule has 1 aliphatic rings. The van der Waals surface area contributed by atoms with Gasteiger partial charge in [0.15, 0.2) is 0 Å². The minimum atomic E-state index is -3.61. The Bertz CT molecular complexity index is 1100. The molecule has 1 aromatic heterocycles. The number of hydrogen-bond acceptors (Lipinski definition) is 3. The van der Waals surface area contributed by atoms with Gasteiger partial charge >= 0.3 is 0 Å². The monoisotopic (exact) mass is 394 g/mol. The zero-order valence-electron chi connectivity index (χ0n) is 16.2. The van der Waals surface area contributed by atoms with Gasteiger partial charge < -0.3 is 0 Å². The molecule has 0 amide bonds. The van der Waals surface area contributed by atoms with Crippen molar-refractivity contribution in [1.82, 2.24) is 8.87 Å². The number of para-hydroxylation sites is 1. The van der Waals surface area contributed by atoms with Crippen molar-refractivity contribution in [3.8, 4) is 0 Å². The molecular formula is C23H26N2O2S. The van der Waals surface area contributed by atoms with Crippen LogP contribution in [0.5, 0.6) is 0 Å². The lowest BCUT2D eigenvalue weighted by Gasteiger charge is -2.26. The predicted molar refractivity (Wildman–Crippen MR) is 114 cm³/mol. The first-order valence-electron chi connectivity index (χ1n) is 9.89. The highest BCUT2D eigenvalue weighted by Gasteiger charge is 2.21. The maximum absolute atomic E-state index is 13.2. The summed E-state index contributed by atoms with van der Waals surface area (Å²) in [6, 6.07) is 16.4. The van der Waals surface area contributed by atoms with Crippen molar-refractivity contribution < 1.29 is 8.42 Å². The first kappa shape index (κ1) is 19.0. The van der Waals surface area contributed by atoms with Crippen molar-refractivity contribution in [2.24, 2.45) is 0 Å². The summed E-state index contributed by atoms with van der Waals surface area (Å²) >= 11 is 0. The lowest BCUT2D eigenvalue weighted by atomic mass is 10.1. The fourth-order valence-corrected chi connectivity index (χ4v) is 5.34. The second-order valence-electron chi connectivity index (χ2n) is 7.32. The highest BCUT2D eigenvalue weighted by Crippen LogP contribution is 2.26. The van der Waals surface area contributed by atoms with Gasteiger partial charge in [0.25, 0.3) is 10.0 Å². The molecule has 2 aromatic carbocycles. The Morgan fingerprint density at radius 2 is 1.75 bits per heavy atom. The van der Waals surface area contributed by atoms with E-state index in [0.717, 1.165) is 55.4 Å². The van der Waals surface area contributed by atoms with Crippen LogP contribution in [0.1, 0.15) is 25.3 Å². The van der Waals surface area contributed by atoms with Crippen molar-refractivity contribution in [2.75, 3.05) is 19.6 Å². The Balaban J connectivity index is 1.65. The van der Waals surface area contributed by atoms with Gasteiger partial charge in [-0.05, 0) is 43.0 Å². The van der Waals surface area contributed by atoms with Crippen LogP contribution in [-0.4, -0.2) is 36.9 Å². The molecule has 0 bridgehead atoms. The lowest BCUT2D eigenvalue weighted by Crippen LogP contribution is -2.31. The Kier molecular flexibility index (Phi) is 5.38. The second-order valence-corrected chi connectivity index (χ2v) is 9.13. The van der Waals surface area contributed by atoms with Crippen molar-refractivity contribution in [3.05, 3.63) is 78.0 Å². The molecule has 4 rings (SSSR count). The molecule has 0 aliphatic carbocycles. The van der Waals surface area contributed by atoms with Crippen molar-refractivity contribution in [2.45, 2.75) is 31.1 Å². The molecule has 1 aliphatic heterocycles. The molecule has 0 radical (unpaired) electrons. The fourth-order valence-electron chi connectivity index (χ4n) is 3.93. The van der Waals surface area contributed by atoms with Crippen LogP contribution in [0, 0.1) is 0 Å². The van der Waals surface area contributed by atoms with E-state index in [0.29, 0.717) is 4.90 Å². The maximum atomic E-state index is 13.2. The van der Waals surface area contributed by atoms with E-state index in [9.17, 15) is 8.42 Å². The topological polar surface area (TPSA) is 42.3 Å². The average Bonchev–Trinajstić information content (AvgIpc) is 3.13. The van der Waals surface area contributed by atoms with Gasteiger partial charge in [-0.25, -0.2) is 12.4 Å². The SMILES string of the molecule is CCC1=CCCN(CCc2cn(S(=O)(=O)c3ccccc3)c3ccccc23)C1. The molecule has 4 nitrogen and oxygen atoms in total. The van der Waals surface area contributed by atoms with Crippen LogP contribution in [0.15, 0.2) is 77.3 Å². The van der Waals surface area contributed by atoms with E-state index in [-0.39, 0.29) is 0 Å². The Morgan fingerprint density at radius 1 is 1.00 bits per heavy atom. The summed E-state index contributed by atoms with van der Waals surface area (Å²) in [4.78, 5) is 2.78. The molecule has 0 N–H and O–H groups in total. The highest BCUT2D eigenvalue weighted by molar-refractivity contribution is 7.90. The molecule has 0 spiro atoms.